The van der Waals surface area contributed by atoms with Gasteiger partial charge in [-0.05, 0) is 54.9 Å². The molecule has 1 heterocycles. The molecule has 0 saturated carbocycles. The van der Waals surface area contributed by atoms with Crippen molar-refractivity contribution in [2.75, 3.05) is 6.61 Å². The van der Waals surface area contributed by atoms with Crippen molar-refractivity contribution < 1.29 is 22.3 Å². The lowest BCUT2D eigenvalue weighted by atomic mass is 9.89. The van der Waals surface area contributed by atoms with Gasteiger partial charge in [-0.2, -0.15) is 0 Å². The first-order valence-corrected chi connectivity index (χ1v) is 11.6. The number of rotatable bonds is 6. The lowest BCUT2D eigenvalue weighted by Gasteiger charge is -2.27. The molecule has 2 unspecified atom stereocenters. The molecule has 0 radical (unpaired) electrons. The molecule has 3 aromatic carbocycles. The van der Waals surface area contributed by atoms with E-state index in [0.717, 1.165) is 25.7 Å². The summed E-state index contributed by atoms with van der Waals surface area (Å²) in [4.78, 5) is 0. The van der Waals surface area contributed by atoms with Crippen molar-refractivity contribution in [3.63, 3.8) is 0 Å². The predicted octanol–water partition coefficient (Wildman–Crippen LogP) is 8.20. The summed E-state index contributed by atoms with van der Waals surface area (Å²) < 4.78 is 64.5. The van der Waals surface area contributed by atoms with Gasteiger partial charge in [-0.15, -0.1) is 0 Å². The van der Waals surface area contributed by atoms with Gasteiger partial charge in [-0.1, -0.05) is 61.9 Å². The summed E-state index contributed by atoms with van der Waals surface area (Å²) in [5, 5.41) is 0. The van der Waals surface area contributed by atoms with Gasteiger partial charge in [-0.25, -0.2) is 17.6 Å². The summed E-state index contributed by atoms with van der Waals surface area (Å²) in [5.74, 6) is -3.63. The molecule has 0 N–H and O–H groups in total. The van der Waals surface area contributed by atoms with Crippen LogP contribution in [0, 0.1) is 23.3 Å². The van der Waals surface area contributed by atoms with Gasteiger partial charge in [0, 0.05) is 17.0 Å². The SMILES string of the molecule is CCCCc1ccc(-c2ccc(-c3ccc(C4CCC(C)OC4)c(F)c3F)cc2)c(F)c1F. The van der Waals surface area contributed by atoms with E-state index in [2.05, 4.69) is 0 Å². The lowest BCUT2D eigenvalue weighted by Crippen LogP contribution is -2.23. The number of unbranched alkanes of at least 4 members (excludes halogenated alkanes) is 1. The van der Waals surface area contributed by atoms with E-state index in [-0.39, 0.29) is 23.1 Å². The molecule has 1 aliphatic rings. The molecule has 0 aliphatic carbocycles. The summed E-state index contributed by atoms with van der Waals surface area (Å²) in [6.45, 7) is 4.35. The van der Waals surface area contributed by atoms with Crippen LogP contribution in [0.3, 0.4) is 0 Å². The first-order valence-electron chi connectivity index (χ1n) is 11.6. The summed E-state index contributed by atoms with van der Waals surface area (Å²) in [6.07, 6.45) is 3.88. The van der Waals surface area contributed by atoms with Crippen LogP contribution in [-0.2, 0) is 11.2 Å². The number of hydrogen-bond donors (Lipinski definition) is 0. The second-order valence-corrected chi connectivity index (χ2v) is 8.83. The van der Waals surface area contributed by atoms with Crippen molar-refractivity contribution >= 4 is 0 Å². The zero-order chi connectivity index (χ0) is 23.5. The van der Waals surface area contributed by atoms with E-state index in [0.29, 0.717) is 35.3 Å². The molecule has 4 rings (SSSR count). The van der Waals surface area contributed by atoms with Crippen molar-refractivity contribution in [2.24, 2.45) is 0 Å². The Labute approximate surface area is 192 Å². The van der Waals surface area contributed by atoms with E-state index in [1.54, 1.807) is 48.5 Å². The Hall–Kier alpha value is -2.66. The van der Waals surface area contributed by atoms with Gasteiger partial charge in [0.25, 0.3) is 0 Å². The predicted molar refractivity (Wildman–Crippen MR) is 123 cm³/mol. The summed E-state index contributed by atoms with van der Waals surface area (Å²) in [7, 11) is 0. The summed E-state index contributed by atoms with van der Waals surface area (Å²) >= 11 is 0. The Bertz CT molecular complexity index is 1120. The van der Waals surface area contributed by atoms with Gasteiger partial charge in [-0.3, -0.25) is 0 Å². The fourth-order valence-electron chi connectivity index (χ4n) is 4.43. The Morgan fingerprint density at radius 1 is 0.758 bits per heavy atom. The van der Waals surface area contributed by atoms with E-state index in [9.17, 15) is 17.6 Å². The highest BCUT2D eigenvalue weighted by Crippen LogP contribution is 2.35. The molecule has 5 heteroatoms. The van der Waals surface area contributed by atoms with Crippen molar-refractivity contribution in [1.82, 2.24) is 0 Å². The average Bonchev–Trinajstić information content (AvgIpc) is 2.83. The molecule has 0 aromatic heterocycles. The zero-order valence-corrected chi connectivity index (χ0v) is 18.9. The van der Waals surface area contributed by atoms with Crippen molar-refractivity contribution in [2.45, 2.75) is 58.0 Å². The number of halogens is 4. The lowest BCUT2D eigenvalue weighted by molar-refractivity contribution is 0.0147. The van der Waals surface area contributed by atoms with E-state index >= 15 is 0 Å². The van der Waals surface area contributed by atoms with Crippen LogP contribution in [0.1, 0.15) is 56.6 Å². The van der Waals surface area contributed by atoms with E-state index in [1.165, 1.54) is 0 Å². The minimum Gasteiger partial charge on any atom is -0.378 e. The highest BCUT2D eigenvalue weighted by atomic mass is 19.2. The number of aryl methyl sites for hydroxylation is 1. The standard InChI is InChI=1S/C28H28F4O/c1-3-4-5-20-12-13-22(26(30)25(20)29)18-8-10-19(11-9-18)23-14-15-24(28(32)27(23)31)21-7-6-17(2)33-16-21/h8-15,17,21H,3-7,16H2,1-2H3. The smallest absolute Gasteiger partial charge is 0.166 e. The van der Waals surface area contributed by atoms with Crippen LogP contribution in [0.15, 0.2) is 48.5 Å². The van der Waals surface area contributed by atoms with Crippen LogP contribution in [-0.4, -0.2) is 12.7 Å². The molecule has 174 valence electrons. The number of benzene rings is 3. The minimum absolute atomic E-state index is 0.134. The normalized spacial score (nSPS) is 18.5. The van der Waals surface area contributed by atoms with E-state index in [1.807, 2.05) is 13.8 Å². The van der Waals surface area contributed by atoms with E-state index in [4.69, 9.17) is 4.74 Å². The first-order chi connectivity index (χ1) is 15.9. The quantitative estimate of drug-likeness (QED) is 0.340. The molecule has 0 amide bonds. The third kappa shape index (κ3) is 4.84. The van der Waals surface area contributed by atoms with E-state index < -0.39 is 23.3 Å². The molecule has 0 spiro atoms. The molecule has 33 heavy (non-hydrogen) atoms. The molecule has 0 bridgehead atoms. The van der Waals surface area contributed by atoms with Crippen LogP contribution in [0.4, 0.5) is 17.6 Å². The highest BCUT2D eigenvalue weighted by molar-refractivity contribution is 5.71. The Morgan fingerprint density at radius 2 is 1.36 bits per heavy atom. The maximum atomic E-state index is 14.9. The van der Waals surface area contributed by atoms with Gasteiger partial charge in [0.05, 0.1) is 12.7 Å². The molecular formula is C28H28F4O. The van der Waals surface area contributed by atoms with Crippen molar-refractivity contribution in [1.29, 1.82) is 0 Å². The first kappa shape index (κ1) is 23.5. The molecule has 3 aromatic rings. The fourth-order valence-corrected chi connectivity index (χ4v) is 4.43. The third-order valence-electron chi connectivity index (χ3n) is 6.52. The fraction of sp³-hybridized carbons (Fsp3) is 0.357. The summed E-state index contributed by atoms with van der Waals surface area (Å²) in [5.41, 5.74) is 1.92. The van der Waals surface area contributed by atoms with Crippen LogP contribution >= 0.6 is 0 Å². The number of ether oxygens (including phenoxy) is 1. The van der Waals surface area contributed by atoms with Crippen LogP contribution in [0.5, 0.6) is 0 Å². The monoisotopic (exact) mass is 456 g/mol. The second kappa shape index (κ2) is 10.1. The highest BCUT2D eigenvalue weighted by Gasteiger charge is 2.25. The average molecular weight is 457 g/mol. The largest absolute Gasteiger partial charge is 0.378 e. The third-order valence-corrected chi connectivity index (χ3v) is 6.52. The van der Waals surface area contributed by atoms with Crippen LogP contribution in [0.25, 0.3) is 22.3 Å². The minimum atomic E-state index is -0.906. The molecular weight excluding hydrogens is 428 g/mol. The molecule has 1 aliphatic heterocycles. The molecule has 1 saturated heterocycles. The Kier molecular flexibility index (Phi) is 7.18. The van der Waals surface area contributed by atoms with Crippen molar-refractivity contribution in [3.8, 4) is 22.3 Å². The molecule has 2 atom stereocenters. The maximum absolute atomic E-state index is 14.9. The summed E-state index contributed by atoms with van der Waals surface area (Å²) in [6, 6.07) is 12.8. The van der Waals surface area contributed by atoms with Gasteiger partial charge in [0.15, 0.2) is 23.3 Å². The van der Waals surface area contributed by atoms with Gasteiger partial charge in [0.1, 0.15) is 0 Å². The molecule has 1 nitrogen and oxygen atoms in total. The topological polar surface area (TPSA) is 9.23 Å². The van der Waals surface area contributed by atoms with Crippen LogP contribution < -0.4 is 0 Å². The van der Waals surface area contributed by atoms with Gasteiger partial charge >= 0.3 is 0 Å². The number of hydrogen-bond acceptors (Lipinski definition) is 1. The van der Waals surface area contributed by atoms with Gasteiger partial charge in [0.2, 0.25) is 0 Å². The van der Waals surface area contributed by atoms with Crippen LogP contribution in [0.2, 0.25) is 0 Å². The Balaban J connectivity index is 1.59. The Morgan fingerprint density at radius 3 is 1.94 bits per heavy atom. The van der Waals surface area contributed by atoms with Gasteiger partial charge < -0.3 is 4.74 Å². The van der Waals surface area contributed by atoms with Crippen molar-refractivity contribution in [3.05, 3.63) is 82.9 Å². The second-order valence-electron chi connectivity index (χ2n) is 8.83. The maximum Gasteiger partial charge on any atom is 0.166 e. The molecule has 1 fully saturated rings. The zero-order valence-electron chi connectivity index (χ0n) is 18.9.